The van der Waals surface area contributed by atoms with E-state index in [4.69, 9.17) is 28.3 Å². The van der Waals surface area contributed by atoms with Gasteiger partial charge < -0.3 is 10.4 Å². The molecule has 0 unspecified atom stereocenters. The molecule has 17 heavy (non-hydrogen) atoms. The van der Waals surface area contributed by atoms with E-state index in [0.29, 0.717) is 0 Å². The number of hydrogen-bond acceptors (Lipinski definition) is 4. The number of nitrogens with zero attached hydrogens (tertiary/aromatic N) is 1. The molecule has 0 radical (unpaired) electrons. The smallest absolute Gasteiger partial charge is 0.394 e. The first-order valence-electron chi connectivity index (χ1n) is 4.00. The number of halogens is 2. The summed E-state index contributed by atoms with van der Waals surface area (Å²) in [5, 5.41) is 20.3. The van der Waals surface area contributed by atoms with Crippen molar-refractivity contribution in [2.24, 2.45) is 0 Å². The van der Waals surface area contributed by atoms with Gasteiger partial charge in [0.1, 0.15) is 0 Å². The summed E-state index contributed by atoms with van der Waals surface area (Å²) in [7, 11) is 0. The number of carboxylic acid groups (broad SMARTS) is 1. The molecule has 7 nitrogen and oxygen atoms in total. The normalized spacial score (nSPS) is 9.76. The van der Waals surface area contributed by atoms with Crippen molar-refractivity contribution < 1.29 is 19.6 Å². The third-order valence-electron chi connectivity index (χ3n) is 1.67. The number of nitro benzene ring substituents is 1. The first-order chi connectivity index (χ1) is 7.82. The number of benzene rings is 1. The van der Waals surface area contributed by atoms with Crippen molar-refractivity contribution in [1.29, 1.82) is 0 Å². The van der Waals surface area contributed by atoms with Crippen LogP contribution < -0.4 is 5.32 Å². The van der Waals surface area contributed by atoms with Crippen LogP contribution in [0.2, 0.25) is 10.0 Å². The second-order valence-corrected chi connectivity index (χ2v) is 3.62. The van der Waals surface area contributed by atoms with Gasteiger partial charge in [0, 0.05) is 12.1 Å². The Hall–Kier alpha value is -1.86. The molecule has 1 rings (SSSR count). The Kier molecular flexibility index (Phi) is 3.87. The van der Waals surface area contributed by atoms with Crippen molar-refractivity contribution in [2.45, 2.75) is 0 Å². The molecule has 0 bridgehead atoms. The van der Waals surface area contributed by atoms with Crippen LogP contribution in [0.1, 0.15) is 0 Å². The van der Waals surface area contributed by atoms with E-state index < -0.39 is 16.8 Å². The van der Waals surface area contributed by atoms with E-state index >= 15 is 0 Å². The Morgan fingerprint density at radius 3 is 2.12 bits per heavy atom. The van der Waals surface area contributed by atoms with E-state index in [-0.39, 0.29) is 21.4 Å². The molecule has 9 heteroatoms. The fourth-order valence-corrected chi connectivity index (χ4v) is 1.52. The highest BCUT2D eigenvalue weighted by molar-refractivity contribution is 6.43. The topological polar surface area (TPSA) is 110 Å². The minimum absolute atomic E-state index is 0.189. The lowest BCUT2D eigenvalue weighted by Crippen LogP contribution is -2.22. The molecule has 0 saturated heterocycles. The Labute approximate surface area is 104 Å². The number of non-ortho nitro benzene ring substituents is 1. The number of carbonyl (C=O) groups is 2. The highest BCUT2D eigenvalue weighted by Crippen LogP contribution is 2.34. The van der Waals surface area contributed by atoms with Gasteiger partial charge in [0.15, 0.2) is 0 Å². The number of aliphatic carboxylic acids is 1. The average Bonchev–Trinajstić information content (AvgIpc) is 2.22. The summed E-state index contributed by atoms with van der Waals surface area (Å²) in [6.45, 7) is 0. The largest absolute Gasteiger partial charge is 0.474 e. The van der Waals surface area contributed by atoms with Crippen LogP contribution in [-0.4, -0.2) is 21.9 Å². The summed E-state index contributed by atoms with van der Waals surface area (Å²) in [5.41, 5.74) is -0.556. The summed E-state index contributed by atoms with van der Waals surface area (Å²) in [4.78, 5) is 30.9. The molecular weight excluding hydrogens is 275 g/mol. The zero-order chi connectivity index (χ0) is 13.2. The Morgan fingerprint density at radius 2 is 1.76 bits per heavy atom. The maximum Gasteiger partial charge on any atom is 0.394 e. The Morgan fingerprint density at radius 1 is 1.29 bits per heavy atom. The highest BCUT2D eigenvalue weighted by atomic mass is 35.5. The van der Waals surface area contributed by atoms with Crippen LogP contribution in [0.15, 0.2) is 12.1 Å². The lowest BCUT2D eigenvalue weighted by atomic mass is 10.2. The quantitative estimate of drug-likeness (QED) is 0.488. The van der Waals surface area contributed by atoms with Crippen LogP contribution in [0.25, 0.3) is 0 Å². The first-order valence-corrected chi connectivity index (χ1v) is 4.76. The monoisotopic (exact) mass is 278 g/mol. The van der Waals surface area contributed by atoms with Gasteiger partial charge in [0.25, 0.3) is 5.69 Å². The van der Waals surface area contributed by atoms with E-state index in [0.717, 1.165) is 12.1 Å². The second kappa shape index (κ2) is 4.98. The van der Waals surface area contributed by atoms with Gasteiger partial charge in [-0.3, -0.25) is 14.9 Å². The molecule has 0 aliphatic rings. The van der Waals surface area contributed by atoms with Gasteiger partial charge in [-0.15, -0.1) is 0 Å². The van der Waals surface area contributed by atoms with Crippen LogP contribution in [-0.2, 0) is 9.59 Å². The molecule has 0 fully saturated rings. The van der Waals surface area contributed by atoms with Crippen LogP contribution in [0.4, 0.5) is 11.4 Å². The molecule has 0 atom stereocenters. The molecule has 1 aromatic rings. The molecule has 0 saturated carbocycles. The van der Waals surface area contributed by atoms with Crippen LogP contribution in [0.5, 0.6) is 0 Å². The van der Waals surface area contributed by atoms with E-state index in [1.165, 1.54) is 0 Å². The van der Waals surface area contributed by atoms with Gasteiger partial charge in [0.2, 0.25) is 0 Å². The fraction of sp³-hybridized carbons (Fsp3) is 0. The van der Waals surface area contributed by atoms with Gasteiger partial charge in [0.05, 0.1) is 20.7 Å². The molecule has 90 valence electrons. The number of rotatable bonds is 2. The molecule has 1 aromatic carbocycles. The third kappa shape index (κ3) is 3.05. The first kappa shape index (κ1) is 13.2. The predicted molar refractivity (Wildman–Crippen MR) is 59.4 cm³/mol. The number of nitrogens with one attached hydrogen (secondary N) is 1. The summed E-state index contributed by atoms with van der Waals surface area (Å²) in [6, 6.07) is 1.90. The Bertz CT molecular complexity index is 494. The molecule has 2 N–H and O–H groups in total. The van der Waals surface area contributed by atoms with Crippen molar-refractivity contribution in [2.75, 3.05) is 5.32 Å². The average molecular weight is 279 g/mol. The van der Waals surface area contributed by atoms with Gasteiger partial charge in [-0.25, -0.2) is 4.79 Å². The van der Waals surface area contributed by atoms with Gasteiger partial charge in [-0.1, -0.05) is 23.2 Å². The molecule has 0 aliphatic heterocycles. The summed E-state index contributed by atoms with van der Waals surface area (Å²) in [6.07, 6.45) is 0. The SMILES string of the molecule is O=C(O)C(=O)Nc1c(Cl)cc([N+](=O)[O-])cc1Cl. The number of carbonyl (C=O) groups excluding carboxylic acids is 1. The molecule has 0 heterocycles. The maximum atomic E-state index is 10.9. The van der Waals surface area contributed by atoms with E-state index in [1.54, 1.807) is 0 Å². The van der Waals surface area contributed by atoms with E-state index in [2.05, 4.69) is 0 Å². The van der Waals surface area contributed by atoms with Gasteiger partial charge in [-0.05, 0) is 0 Å². The van der Waals surface area contributed by atoms with Crippen molar-refractivity contribution in [3.63, 3.8) is 0 Å². The fourth-order valence-electron chi connectivity index (χ4n) is 0.952. The maximum absolute atomic E-state index is 10.9. The molecule has 0 aliphatic carbocycles. The van der Waals surface area contributed by atoms with E-state index in [1.807, 2.05) is 5.32 Å². The van der Waals surface area contributed by atoms with Crippen LogP contribution in [0, 0.1) is 10.1 Å². The molecule has 0 aromatic heterocycles. The van der Waals surface area contributed by atoms with Crippen LogP contribution >= 0.6 is 23.2 Å². The van der Waals surface area contributed by atoms with Crippen molar-refractivity contribution in [1.82, 2.24) is 0 Å². The van der Waals surface area contributed by atoms with Crippen molar-refractivity contribution >= 4 is 46.5 Å². The lowest BCUT2D eigenvalue weighted by Gasteiger charge is -2.06. The number of hydrogen-bond donors (Lipinski definition) is 2. The summed E-state index contributed by atoms with van der Waals surface area (Å²) in [5.74, 6) is -3.07. The zero-order valence-electron chi connectivity index (χ0n) is 7.94. The lowest BCUT2D eigenvalue weighted by molar-refractivity contribution is -0.384. The number of amides is 1. The van der Waals surface area contributed by atoms with Crippen LogP contribution in [0.3, 0.4) is 0 Å². The number of carboxylic acids is 1. The number of nitro groups is 1. The van der Waals surface area contributed by atoms with E-state index in [9.17, 15) is 19.7 Å². The zero-order valence-corrected chi connectivity index (χ0v) is 9.45. The molecule has 1 amide bonds. The summed E-state index contributed by atoms with van der Waals surface area (Å²) >= 11 is 11.3. The highest BCUT2D eigenvalue weighted by Gasteiger charge is 2.19. The van der Waals surface area contributed by atoms with Gasteiger partial charge >= 0.3 is 11.9 Å². The Balaban J connectivity index is 3.14. The van der Waals surface area contributed by atoms with Gasteiger partial charge in [-0.2, -0.15) is 0 Å². The molecule has 0 spiro atoms. The predicted octanol–water partition coefficient (Wildman–Crippen LogP) is 1.92. The minimum Gasteiger partial charge on any atom is -0.474 e. The molecular formula is C8H4Cl2N2O5. The van der Waals surface area contributed by atoms with Crippen molar-refractivity contribution in [3.8, 4) is 0 Å². The number of anilines is 1. The minimum atomic E-state index is -1.73. The summed E-state index contributed by atoms with van der Waals surface area (Å²) < 4.78 is 0. The standard InChI is InChI=1S/C8H4Cl2N2O5/c9-4-1-3(12(16)17)2-5(10)6(4)11-7(13)8(14)15/h1-2H,(H,11,13)(H,14,15). The van der Waals surface area contributed by atoms with Crippen molar-refractivity contribution in [3.05, 3.63) is 32.3 Å². The third-order valence-corrected chi connectivity index (χ3v) is 2.27. The second-order valence-electron chi connectivity index (χ2n) is 2.80.